The number of aromatic amines is 1. The Hall–Kier alpha value is -2.85. The van der Waals surface area contributed by atoms with Gasteiger partial charge >= 0.3 is 0 Å². The summed E-state index contributed by atoms with van der Waals surface area (Å²) in [5.74, 6) is 0.923. The van der Waals surface area contributed by atoms with Crippen LogP contribution < -0.4 is 10.5 Å². The summed E-state index contributed by atoms with van der Waals surface area (Å²) in [6.07, 6.45) is 13.0. The molecule has 3 N–H and O–H groups in total. The zero-order valence-electron chi connectivity index (χ0n) is 16.7. The molecular formula is C24H29N3O. The molecule has 2 heterocycles. The number of rotatable bonds is 9. The molecule has 1 aliphatic heterocycles. The second kappa shape index (κ2) is 9.90. The van der Waals surface area contributed by atoms with Gasteiger partial charge in [-0.05, 0) is 73.9 Å². The van der Waals surface area contributed by atoms with E-state index in [0.717, 1.165) is 54.3 Å². The third-order valence-corrected chi connectivity index (χ3v) is 4.70. The van der Waals surface area contributed by atoms with E-state index in [0.29, 0.717) is 6.54 Å². The number of aliphatic imine (C=N–C) groups is 1. The molecule has 0 fully saturated rings. The number of nitrogens with two attached hydrogens (primary N) is 1. The summed E-state index contributed by atoms with van der Waals surface area (Å²) in [6.45, 7) is 5.65. The van der Waals surface area contributed by atoms with Crippen molar-refractivity contribution in [3.05, 3.63) is 70.7 Å². The highest BCUT2D eigenvalue weighted by Gasteiger charge is 2.13. The molecular weight excluding hydrogens is 346 g/mol. The normalized spacial score (nSPS) is 15.0. The van der Waals surface area contributed by atoms with Crippen LogP contribution in [0.15, 0.2) is 53.2 Å². The molecule has 28 heavy (non-hydrogen) atoms. The molecule has 4 nitrogen and oxygen atoms in total. The lowest BCUT2D eigenvalue weighted by molar-refractivity contribution is 0.309. The van der Waals surface area contributed by atoms with Gasteiger partial charge in [0.2, 0.25) is 0 Å². The minimum Gasteiger partial charge on any atom is -0.494 e. The SMILES string of the molecule is CCCCOc1ccc(/C=C/c2cc(C)c(C(CCN)=C3C=CC=N3)[nH]2)cc1. The first-order valence-electron chi connectivity index (χ1n) is 9.96. The van der Waals surface area contributed by atoms with Crippen molar-refractivity contribution in [2.75, 3.05) is 13.2 Å². The first-order chi connectivity index (χ1) is 13.7. The van der Waals surface area contributed by atoms with E-state index in [4.69, 9.17) is 10.5 Å². The number of nitrogens with zero attached hydrogens (tertiary/aromatic N) is 1. The van der Waals surface area contributed by atoms with E-state index in [1.807, 2.05) is 30.5 Å². The first-order valence-corrected chi connectivity index (χ1v) is 9.96. The van der Waals surface area contributed by atoms with Crippen LogP contribution in [-0.4, -0.2) is 24.4 Å². The molecule has 0 saturated carbocycles. The van der Waals surface area contributed by atoms with Crippen LogP contribution in [0, 0.1) is 6.92 Å². The van der Waals surface area contributed by atoms with Gasteiger partial charge in [0.05, 0.1) is 12.3 Å². The van der Waals surface area contributed by atoms with Gasteiger partial charge in [0.25, 0.3) is 0 Å². The molecule has 0 radical (unpaired) electrons. The number of aromatic nitrogens is 1. The second-order valence-electron chi connectivity index (χ2n) is 6.93. The van der Waals surface area contributed by atoms with Crippen LogP contribution in [0.1, 0.15) is 48.7 Å². The molecule has 0 atom stereocenters. The van der Waals surface area contributed by atoms with Crippen LogP contribution in [0.5, 0.6) is 5.75 Å². The molecule has 1 aromatic heterocycles. The summed E-state index contributed by atoms with van der Waals surface area (Å²) in [5, 5.41) is 0. The Bertz CT molecular complexity index is 884. The fraction of sp³-hybridized carbons (Fsp3) is 0.292. The van der Waals surface area contributed by atoms with Crippen molar-refractivity contribution in [1.29, 1.82) is 0 Å². The van der Waals surface area contributed by atoms with E-state index in [-0.39, 0.29) is 0 Å². The molecule has 0 saturated heterocycles. The van der Waals surface area contributed by atoms with E-state index in [1.165, 1.54) is 11.1 Å². The lowest BCUT2D eigenvalue weighted by Crippen LogP contribution is -2.02. The van der Waals surface area contributed by atoms with E-state index in [9.17, 15) is 0 Å². The Morgan fingerprint density at radius 3 is 2.71 bits per heavy atom. The van der Waals surface area contributed by atoms with E-state index >= 15 is 0 Å². The summed E-state index contributed by atoms with van der Waals surface area (Å²) < 4.78 is 5.72. The van der Waals surface area contributed by atoms with Crippen LogP contribution >= 0.6 is 0 Å². The summed E-state index contributed by atoms with van der Waals surface area (Å²) in [7, 11) is 0. The van der Waals surface area contributed by atoms with Gasteiger partial charge in [-0.1, -0.05) is 31.6 Å². The maximum atomic E-state index is 5.83. The predicted molar refractivity (Wildman–Crippen MR) is 120 cm³/mol. The number of H-pyrrole nitrogens is 1. The largest absolute Gasteiger partial charge is 0.494 e. The minimum atomic E-state index is 0.596. The molecule has 0 spiro atoms. The molecule has 146 valence electrons. The summed E-state index contributed by atoms with van der Waals surface area (Å²) in [6, 6.07) is 10.4. The van der Waals surface area contributed by atoms with Gasteiger partial charge in [0.15, 0.2) is 0 Å². The smallest absolute Gasteiger partial charge is 0.119 e. The Kier molecular flexibility index (Phi) is 7.04. The zero-order valence-corrected chi connectivity index (χ0v) is 16.7. The number of hydrogen-bond donors (Lipinski definition) is 2. The van der Waals surface area contributed by atoms with E-state index in [1.54, 1.807) is 0 Å². The Morgan fingerprint density at radius 2 is 2.04 bits per heavy atom. The highest BCUT2D eigenvalue weighted by atomic mass is 16.5. The van der Waals surface area contributed by atoms with Crippen LogP contribution in [0.4, 0.5) is 0 Å². The van der Waals surface area contributed by atoms with Crippen LogP contribution in [0.2, 0.25) is 0 Å². The monoisotopic (exact) mass is 375 g/mol. The Balaban J connectivity index is 1.73. The zero-order chi connectivity index (χ0) is 19.8. The highest BCUT2D eigenvalue weighted by molar-refractivity contribution is 5.83. The van der Waals surface area contributed by atoms with Gasteiger partial charge in [0.1, 0.15) is 5.75 Å². The number of ether oxygens (including phenoxy) is 1. The molecule has 3 rings (SSSR count). The van der Waals surface area contributed by atoms with Crippen molar-refractivity contribution in [3.8, 4) is 5.75 Å². The lowest BCUT2D eigenvalue weighted by Gasteiger charge is -2.08. The maximum Gasteiger partial charge on any atom is 0.119 e. The molecule has 0 bridgehead atoms. The maximum absolute atomic E-state index is 5.83. The summed E-state index contributed by atoms with van der Waals surface area (Å²) >= 11 is 0. The highest BCUT2D eigenvalue weighted by Crippen LogP contribution is 2.28. The molecule has 0 amide bonds. The predicted octanol–water partition coefficient (Wildman–Crippen LogP) is 5.37. The standard InChI is InChI=1S/C24H29N3O/c1-3-4-16-28-21-11-8-19(9-12-21)7-10-20-17-18(2)24(27-20)22(13-14-25)23-6-5-15-26-23/h5-12,15,17,27H,3-4,13-14,16,25H2,1-2H3/b10-7+,23-22?. The minimum absolute atomic E-state index is 0.596. The van der Waals surface area contributed by atoms with E-state index < -0.39 is 0 Å². The number of unbranched alkanes of at least 4 members (excludes halogenated alkanes) is 1. The molecule has 1 aliphatic rings. The van der Waals surface area contributed by atoms with Gasteiger partial charge in [-0.2, -0.15) is 0 Å². The quantitative estimate of drug-likeness (QED) is 0.579. The van der Waals surface area contributed by atoms with Gasteiger partial charge in [-0.15, -0.1) is 0 Å². The van der Waals surface area contributed by atoms with Crippen molar-refractivity contribution in [2.45, 2.75) is 33.1 Å². The third-order valence-electron chi connectivity index (χ3n) is 4.70. The lowest BCUT2D eigenvalue weighted by atomic mass is 10.0. The second-order valence-corrected chi connectivity index (χ2v) is 6.93. The summed E-state index contributed by atoms with van der Waals surface area (Å²) in [5.41, 5.74) is 12.5. The average molecular weight is 376 g/mol. The Morgan fingerprint density at radius 1 is 1.21 bits per heavy atom. The van der Waals surface area contributed by atoms with Crippen LogP contribution in [0.3, 0.4) is 0 Å². The number of aryl methyl sites for hydroxylation is 1. The van der Waals surface area contributed by atoms with Gasteiger partial charge in [-0.25, -0.2) is 0 Å². The van der Waals surface area contributed by atoms with Crippen molar-refractivity contribution >= 4 is 23.9 Å². The van der Waals surface area contributed by atoms with Crippen LogP contribution in [-0.2, 0) is 0 Å². The third kappa shape index (κ3) is 5.11. The molecule has 1 aromatic carbocycles. The van der Waals surface area contributed by atoms with Crippen LogP contribution in [0.25, 0.3) is 17.7 Å². The van der Waals surface area contributed by atoms with E-state index in [2.05, 4.69) is 54.2 Å². The molecule has 2 aromatic rings. The summed E-state index contributed by atoms with van der Waals surface area (Å²) in [4.78, 5) is 7.97. The van der Waals surface area contributed by atoms with Crippen molar-refractivity contribution in [2.24, 2.45) is 10.7 Å². The van der Waals surface area contributed by atoms with Gasteiger partial charge in [-0.3, -0.25) is 4.99 Å². The fourth-order valence-corrected chi connectivity index (χ4v) is 3.19. The molecule has 0 aliphatic carbocycles. The molecule has 4 heteroatoms. The Labute approximate surface area is 167 Å². The van der Waals surface area contributed by atoms with Crippen molar-refractivity contribution in [1.82, 2.24) is 4.98 Å². The average Bonchev–Trinajstić information content (AvgIpc) is 3.36. The van der Waals surface area contributed by atoms with Gasteiger partial charge in [0, 0.05) is 23.2 Å². The first kappa shape index (κ1) is 19.9. The number of hydrogen-bond acceptors (Lipinski definition) is 3. The molecule has 0 unspecified atom stereocenters. The number of nitrogens with one attached hydrogen (secondary N) is 1. The number of allylic oxidation sites excluding steroid dienone is 2. The van der Waals surface area contributed by atoms with Gasteiger partial charge < -0.3 is 15.5 Å². The van der Waals surface area contributed by atoms with Crippen molar-refractivity contribution < 1.29 is 4.74 Å². The topological polar surface area (TPSA) is 63.4 Å². The fourth-order valence-electron chi connectivity index (χ4n) is 3.19. The number of benzene rings is 1. The van der Waals surface area contributed by atoms with Crippen molar-refractivity contribution in [3.63, 3.8) is 0 Å².